The Bertz CT molecular complexity index is 311. The van der Waals surface area contributed by atoms with Gasteiger partial charge < -0.3 is 14.9 Å². The molecule has 1 rings (SSSR count). The third kappa shape index (κ3) is 8.76. The van der Waals surface area contributed by atoms with Crippen LogP contribution in [0.25, 0.3) is 0 Å². The van der Waals surface area contributed by atoms with Gasteiger partial charge in [0.1, 0.15) is 0 Å². The van der Waals surface area contributed by atoms with Crippen LogP contribution >= 0.6 is 0 Å². The number of aryl methyl sites for hydroxylation is 1. The minimum Gasteiger partial charge on any atom is -0.378 e. The van der Waals surface area contributed by atoms with Crippen LogP contribution in [-0.2, 0) is 11.2 Å². The molecule has 0 saturated carbocycles. The lowest BCUT2D eigenvalue weighted by Crippen LogP contribution is -2.10. The van der Waals surface area contributed by atoms with Gasteiger partial charge in [0.05, 0.1) is 6.10 Å². The Balaban J connectivity index is 1.98. The van der Waals surface area contributed by atoms with Gasteiger partial charge in [0.25, 0.3) is 0 Å². The molecule has 0 spiro atoms. The van der Waals surface area contributed by atoms with Crippen LogP contribution in [0, 0.1) is 0 Å². The van der Waals surface area contributed by atoms with Crippen molar-refractivity contribution in [2.45, 2.75) is 57.8 Å². The van der Waals surface area contributed by atoms with E-state index in [1.807, 2.05) is 6.07 Å². The van der Waals surface area contributed by atoms with E-state index in [2.05, 4.69) is 31.2 Å². The number of aliphatic hydroxyl groups is 2. The minimum absolute atomic E-state index is 0.281. The third-order valence-corrected chi connectivity index (χ3v) is 3.19. The minimum atomic E-state index is -1.16. The first-order valence-electron chi connectivity index (χ1n) is 7.20. The molecule has 0 radical (unpaired) electrons. The topological polar surface area (TPSA) is 49.7 Å². The van der Waals surface area contributed by atoms with Crippen LogP contribution in [0.2, 0.25) is 0 Å². The van der Waals surface area contributed by atoms with Gasteiger partial charge in [-0.3, -0.25) is 0 Å². The average molecular weight is 266 g/mol. The van der Waals surface area contributed by atoms with Gasteiger partial charge in [-0.1, -0.05) is 36.8 Å². The fraction of sp³-hybridized carbons (Fsp3) is 0.625. The summed E-state index contributed by atoms with van der Waals surface area (Å²) >= 11 is 0. The number of benzene rings is 1. The summed E-state index contributed by atoms with van der Waals surface area (Å²) in [5.74, 6) is 0. The van der Waals surface area contributed by atoms with E-state index in [1.165, 1.54) is 5.56 Å². The van der Waals surface area contributed by atoms with E-state index in [9.17, 15) is 0 Å². The highest BCUT2D eigenvalue weighted by Crippen LogP contribution is 2.08. The van der Waals surface area contributed by atoms with Gasteiger partial charge >= 0.3 is 0 Å². The van der Waals surface area contributed by atoms with Gasteiger partial charge in [-0.25, -0.2) is 0 Å². The molecule has 0 saturated heterocycles. The Hall–Kier alpha value is -0.900. The van der Waals surface area contributed by atoms with Gasteiger partial charge in [0, 0.05) is 6.61 Å². The molecule has 1 atom stereocenters. The Morgan fingerprint density at radius 3 is 2.42 bits per heavy atom. The van der Waals surface area contributed by atoms with Crippen LogP contribution < -0.4 is 0 Å². The number of ether oxygens (including phenoxy) is 1. The zero-order chi connectivity index (χ0) is 13.9. The predicted octanol–water partition coefficient (Wildman–Crippen LogP) is 2.90. The van der Waals surface area contributed by atoms with Crippen molar-refractivity contribution in [1.82, 2.24) is 0 Å². The molecule has 19 heavy (non-hydrogen) atoms. The van der Waals surface area contributed by atoms with Crippen LogP contribution in [0.3, 0.4) is 0 Å². The van der Waals surface area contributed by atoms with Crippen LogP contribution in [0.4, 0.5) is 0 Å². The highest BCUT2D eigenvalue weighted by molar-refractivity contribution is 5.14. The molecule has 0 bridgehead atoms. The zero-order valence-electron chi connectivity index (χ0n) is 11.8. The molecule has 3 nitrogen and oxygen atoms in total. The van der Waals surface area contributed by atoms with Crippen LogP contribution in [0.5, 0.6) is 0 Å². The Morgan fingerprint density at radius 1 is 1.00 bits per heavy atom. The second-order valence-electron chi connectivity index (χ2n) is 5.04. The molecule has 1 unspecified atom stereocenters. The quantitative estimate of drug-likeness (QED) is 0.506. The summed E-state index contributed by atoms with van der Waals surface area (Å²) in [6, 6.07) is 10.5. The van der Waals surface area contributed by atoms with Crippen molar-refractivity contribution in [2.75, 3.05) is 6.61 Å². The van der Waals surface area contributed by atoms with Gasteiger partial charge in [-0.05, 0) is 44.6 Å². The number of hydrogen-bond donors (Lipinski definition) is 2. The van der Waals surface area contributed by atoms with E-state index in [4.69, 9.17) is 14.9 Å². The second-order valence-corrected chi connectivity index (χ2v) is 5.04. The summed E-state index contributed by atoms with van der Waals surface area (Å²) in [5.41, 5.74) is 1.36. The predicted molar refractivity (Wildman–Crippen MR) is 76.9 cm³/mol. The Kier molecular flexibility index (Phi) is 8.47. The molecule has 1 aromatic carbocycles. The van der Waals surface area contributed by atoms with Crippen molar-refractivity contribution in [1.29, 1.82) is 0 Å². The van der Waals surface area contributed by atoms with E-state index in [0.29, 0.717) is 6.42 Å². The van der Waals surface area contributed by atoms with E-state index in [0.717, 1.165) is 38.7 Å². The van der Waals surface area contributed by atoms with Crippen molar-refractivity contribution < 1.29 is 14.9 Å². The summed E-state index contributed by atoms with van der Waals surface area (Å²) in [6.07, 6.45) is 4.50. The lowest BCUT2D eigenvalue weighted by molar-refractivity contribution is -0.0470. The van der Waals surface area contributed by atoms with E-state index in [1.54, 1.807) is 0 Å². The Morgan fingerprint density at radius 2 is 1.74 bits per heavy atom. The van der Waals surface area contributed by atoms with Crippen molar-refractivity contribution in [2.24, 2.45) is 0 Å². The standard InChI is InChI=1S/C16H26O3/c1-14(11-12-15-8-4-2-5-9-15)19-13-7-3-6-10-16(17)18/h2,4-5,8-9,14,16-18H,3,6-7,10-13H2,1H3. The van der Waals surface area contributed by atoms with Crippen LogP contribution in [0.15, 0.2) is 30.3 Å². The number of rotatable bonds is 10. The summed E-state index contributed by atoms with van der Waals surface area (Å²) in [5, 5.41) is 17.4. The fourth-order valence-electron chi connectivity index (χ4n) is 1.99. The highest BCUT2D eigenvalue weighted by atomic mass is 16.5. The monoisotopic (exact) mass is 266 g/mol. The molecule has 0 aromatic heterocycles. The van der Waals surface area contributed by atoms with Gasteiger partial charge in [0.15, 0.2) is 6.29 Å². The summed E-state index contributed by atoms with van der Waals surface area (Å²) < 4.78 is 5.75. The first kappa shape index (κ1) is 16.2. The Labute approximate surface area is 116 Å². The van der Waals surface area contributed by atoms with E-state index < -0.39 is 6.29 Å². The van der Waals surface area contributed by atoms with Crippen molar-refractivity contribution in [3.63, 3.8) is 0 Å². The SMILES string of the molecule is CC(CCc1ccccc1)OCCCCCC(O)O. The molecule has 108 valence electrons. The molecule has 2 N–H and O–H groups in total. The maximum Gasteiger partial charge on any atom is 0.151 e. The maximum absolute atomic E-state index is 8.70. The van der Waals surface area contributed by atoms with Crippen LogP contribution in [-0.4, -0.2) is 29.2 Å². The molecule has 0 fully saturated rings. The summed E-state index contributed by atoms with van der Waals surface area (Å²) in [7, 11) is 0. The number of aliphatic hydroxyl groups excluding tert-OH is 1. The third-order valence-electron chi connectivity index (χ3n) is 3.19. The molecular weight excluding hydrogens is 240 g/mol. The largest absolute Gasteiger partial charge is 0.378 e. The van der Waals surface area contributed by atoms with Gasteiger partial charge in [0.2, 0.25) is 0 Å². The molecule has 0 aliphatic heterocycles. The smallest absolute Gasteiger partial charge is 0.151 e. The highest BCUT2D eigenvalue weighted by Gasteiger charge is 2.03. The van der Waals surface area contributed by atoms with E-state index >= 15 is 0 Å². The lowest BCUT2D eigenvalue weighted by atomic mass is 10.1. The van der Waals surface area contributed by atoms with Gasteiger partial charge in [-0.15, -0.1) is 0 Å². The summed E-state index contributed by atoms with van der Waals surface area (Å²) in [6.45, 7) is 2.87. The molecule has 0 amide bonds. The molecular formula is C16H26O3. The maximum atomic E-state index is 8.70. The van der Waals surface area contributed by atoms with Gasteiger partial charge in [-0.2, -0.15) is 0 Å². The molecule has 0 aliphatic rings. The first-order valence-corrected chi connectivity index (χ1v) is 7.20. The van der Waals surface area contributed by atoms with Crippen LogP contribution in [0.1, 0.15) is 44.6 Å². The first-order chi connectivity index (χ1) is 9.18. The van der Waals surface area contributed by atoms with Crippen molar-refractivity contribution in [3.8, 4) is 0 Å². The molecule has 0 aliphatic carbocycles. The molecule has 3 heteroatoms. The normalized spacial score (nSPS) is 12.8. The fourth-order valence-corrected chi connectivity index (χ4v) is 1.99. The lowest BCUT2D eigenvalue weighted by Gasteiger charge is -2.13. The molecule has 0 heterocycles. The number of hydrogen-bond acceptors (Lipinski definition) is 3. The second kappa shape index (κ2) is 9.96. The van der Waals surface area contributed by atoms with E-state index in [-0.39, 0.29) is 6.10 Å². The number of unbranched alkanes of at least 4 members (excludes halogenated alkanes) is 2. The van der Waals surface area contributed by atoms with Crippen molar-refractivity contribution in [3.05, 3.63) is 35.9 Å². The zero-order valence-corrected chi connectivity index (χ0v) is 11.8. The molecule has 1 aromatic rings. The summed E-state index contributed by atoms with van der Waals surface area (Å²) in [4.78, 5) is 0. The van der Waals surface area contributed by atoms with Crippen molar-refractivity contribution >= 4 is 0 Å². The average Bonchev–Trinajstić information content (AvgIpc) is 2.41.